The highest BCUT2D eigenvalue weighted by Gasteiger charge is 2.44. The number of carbonyl (C=O) groups is 2. The van der Waals surface area contributed by atoms with Crippen LogP contribution in [0.4, 0.5) is 4.79 Å². The second-order valence-electron chi connectivity index (χ2n) is 10.6. The first-order valence-electron chi connectivity index (χ1n) is 13.5. The summed E-state index contributed by atoms with van der Waals surface area (Å²) in [4.78, 5) is 26.0. The molecular weight excluding hydrogens is 491 g/mol. The van der Waals surface area contributed by atoms with Crippen molar-refractivity contribution in [1.29, 1.82) is 0 Å². The van der Waals surface area contributed by atoms with E-state index in [0.29, 0.717) is 25.9 Å². The van der Waals surface area contributed by atoms with Crippen molar-refractivity contribution in [2.75, 3.05) is 26.3 Å². The monoisotopic (exact) mass is 533 g/mol. The van der Waals surface area contributed by atoms with Crippen LogP contribution in [0.15, 0.2) is 91.0 Å². The fourth-order valence-electron chi connectivity index (χ4n) is 4.58. The molecule has 202 valence electrons. The number of rotatable bonds is 12. The van der Waals surface area contributed by atoms with Gasteiger partial charge in [-0.05, 0) is 76.4 Å². The lowest BCUT2D eigenvalue weighted by molar-refractivity contribution is -0.121. The Morgan fingerprint density at radius 2 is 1.24 bits per heavy atom. The molecule has 0 saturated heterocycles. The Morgan fingerprint density at radius 1 is 0.763 bits per heavy atom. The molecule has 0 radical (unpaired) electrons. The molecule has 6 heteroatoms. The van der Waals surface area contributed by atoms with Crippen molar-refractivity contribution in [1.82, 2.24) is 10.2 Å². The predicted octanol–water partition coefficient (Wildman–Crippen LogP) is 5.52. The molecule has 0 bridgehead atoms. The zero-order chi connectivity index (χ0) is 27.4. The maximum atomic E-state index is 12.4. The van der Waals surface area contributed by atoms with E-state index in [1.807, 2.05) is 20.8 Å². The lowest BCUT2D eigenvalue weighted by Gasteiger charge is -2.27. The standard InChI is InChI=1S/C32H41N2O3P/c1-32(2,3)37-31(36)34(4)25-16-23-30(35)33-24-14-15-26-38(27-17-8-5-9-18-27,28-19-10-6-11-20-28)29-21-12-7-13-22-29/h5-13,17-22H,14-16,23-26H2,1-4H3/p+1. The summed E-state index contributed by atoms with van der Waals surface area (Å²) in [6.07, 6.45) is 3.60. The molecule has 0 atom stereocenters. The molecule has 1 N–H and O–H groups in total. The van der Waals surface area contributed by atoms with Gasteiger partial charge in [0.15, 0.2) is 0 Å². The van der Waals surface area contributed by atoms with Crippen LogP contribution in [0.3, 0.4) is 0 Å². The number of amides is 2. The Labute approximate surface area is 228 Å². The Bertz CT molecular complexity index is 1030. The largest absolute Gasteiger partial charge is 0.444 e. The molecule has 0 saturated carbocycles. The SMILES string of the molecule is CN(CCCC(=O)NCCCC[P+](c1ccccc1)(c1ccccc1)c1ccccc1)C(=O)OC(C)(C)C. The number of hydrogen-bond acceptors (Lipinski definition) is 3. The van der Waals surface area contributed by atoms with Crippen molar-refractivity contribution in [3.05, 3.63) is 91.0 Å². The van der Waals surface area contributed by atoms with Crippen LogP contribution in [0.1, 0.15) is 46.5 Å². The van der Waals surface area contributed by atoms with Crippen molar-refractivity contribution in [2.24, 2.45) is 0 Å². The van der Waals surface area contributed by atoms with Gasteiger partial charge in [-0.3, -0.25) is 4.79 Å². The molecule has 0 aliphatic heterocycles. The average molecular weight is 534 g/mol. The van der Waals surface area contributed by atoms with Gasteiger partial charge in [0.05, 0.1) is 6.16 Å². The molecule has 3 aromatic carbocycles. The second-order valence-corrected chi connectivity index (χ2v) is 14.2. The normalized spacial score (nSPS) is 11.6. The van der Waals surface area contributed by atoms with Crippen LogP contribution in [-0.2, 0) is 9.53 Å². The Balaban J connectivity index is 1.57. The van der Waals surface area contributed by atoms with E-state index in [1.165, 1.54) is 20.8 Å². The highest BCUT2D eigenvalue weighted by molar-refractivity contribution is 7.95. The van der Waals surface area contributed by atoms with Crippen molar-refractivity contribution in [2.45, 2.75) is 52.1 Å². The number of unbranched alkanes of at least 4 members (excludes halogenated alkanes) is 1. The first-order valence-corrected chi connectivity index (χ1v) is 15.5. The smallest absolute Gasteiger partial charge is 0.410 e. The van der Waals surface area contributed by atoms with Crippen molar-refractivity contribution in [3.63, 3.8) is 0 Å². The fraction of sp³-hybridized carbons (Fsp3) is 0.375. The first-order chi connectivity index (χ1) is 18.2. The predicted molar refractivity (Wildman–Crippen MR) is 160 cm³/mol. The molecule has 0 fully saturated rings. The van der Waals surface area contributed by atoms with Gasteiger partial charge in [-0.25, -0.2) is 4.79 Å². The zero-order valence-corrected chi connectivity index (χ0v) is 24.1. The molecule has 0 aliphatic carbocycles. The molecule has 0 unspecified atom stereocenters. The maximum absolute atomic E-state index is 12.4. The highest BCUT2D eigenvalue weighted by Crippen LogP contribution is 2.55. The number of nitrogens with zero attached hydrogens (tertiary/aromatic N) is 1. The first kappa shape index (κ1) is 29.4. The maximum Gasteiger partial charge on any atom is 0.410 e. The van der Waals surface area contributed by atoms with E-state index >= 15 is 0 Å². The summed E-state index contributed by atoms with van der Waals surface area (Å²) in [5, 5.41) is 7.22. The summed E-state index contributed by atoms with van der Waals surface area (Å²) in [6, 6.07) is 32.7. The van der Waals surface area contributed by atoms with Gasteiger partial charge in [-0.15, -0.1) is 0 Å². The van der Waals surface area contributed by atoms with E-state index in [1.54, 1.807) is 7.05 Å². The van der Waals surface area contributed by atoms with Crippen LogP contribution in [0, 0.1) is 0 Å². The van der Waals surface area contributed by atoms with E-state index in [4.69, 9.17) is 4.74 Å². The third-order valence-corrected chi connectivity index (χ3v) is 11.0. The quantitative estimate of drug-likeness (QED) is 0.246. The Kier molecular flexibility index (Phi) is 10.9. The molecule has 0 aliphatic rings. The molecule has 0 aromatic heterocycles. The van der Waals surface area contributed by atoms with Gasteiger partial charge in [0, 0.05) is 26.6 Å². The van der Waals surface area contributed by atoms with E-state index in [0.717, 1.165) is 19.0 Å². The molecule has 0 spiro atoms. The molecular formula is C32H42N2O3P+. The Hall–Kier alpha value is -3.17. The summed E-state index contributed by atoms with van der Waals surface area (Å²) in [6.45, 7) is 6.67. The summed E-state index contributed by atoms with van der Waals surface area (Å²) >= 11 is 0. The summed E-state index contributed by atoms with van der Waals surface area (Å²) in [5.74, 6) is 0.0258. The highest BCUT2D eigenvalue weighted by atomic mass is 31.2. The van der Waals surface area contributed by atoms with Crippen LogP contribution in [0.5, 0.6) is 0 Å². The van der Waals surface area contributed by atoms with Crippen LogP contribution < -0.4 is 21.2 Å². The van der Waals surface area contributed by atoms with Crippen molar-refractivity contribution in [3.8, 4) is 0 Å². The van der Waals surface area contributed by atoms with E-state index in [2.05, 4.69) is 96.3 Å². The van der Waals surface area contributed by atoms with E-state index < -0.39 is 12.9 Å². The van der Waals surface area contributed by atoms with Crippen LogP contribution in [0.2, 0.25) is 0 Å². The van der Waals surface area contributed by atoms with Gasteiger partial charge < -0.3 is 15.0 Å². The van der Waals surface area contributed by atoms with E-state index in [-0.39, 0.29) is 12.0 Å². The summed E-state index contributed by atoms with van der Waals surface area (Å²) < 4.78 is 5.36. The van der Waals surface area contributed by atoms with Crippen LogP contribution >= 0.6 is 7.26 Å². The Morgan fingerprint density at radius 3 is 1.68 bits per heavy atom. The topological polar surface area (TPSA) is 58.6 Å². The molecule has 0 heterocycles. The third-order valence-electron chi connectivity index (χ3n) is 6.44. The molecule has 3 rings (SSSR count). The number of hydrogen-bond donors (Lipinski definition) is 1. The number of carbonyl (C=O) groups excluding carboxylic acids is 2. The van der Waals surface area contributed by atoms with Crippen molar-refractivity contribution < 1.29 is 14.3 Å². The van der Waals surface area contributed by atoms with Crippen LogP contribution in [-0.4, -0.2) is 48.8 Å². The van der Waals surface area contributed by atoms with Gasteiger partial charge >= 0.3 is 6.09 Å². The summed E-state index contributed by atoms with van der Waals surface area (Å²) in [5.41, 5.74) is -0.524. The number of nitrogens with one attached hydrogen (secondary N) is 1. The van der Waals surface area contributed by atoms with Gasteiger partial charge in [0.25, 0.3) is 0 Å². The average Bonchev–Trinajstić information content (AvgIpc) is 2.91. The van der Waals surface area contributed by atoms with Crippen molar-refractivity contribution >= 4 is 35.2 Å². The molecule has 38 heavy (non-hydrogen) atoms. The lowest BCUT2D eigenvalue weighted by Crippen LogP contribution is -2.35. The zero-order valence-electron chi connectivity index (χ0n) is 23.2. The minimum atomic E-state index is -1.83. The number of benzene rings is 3. The minimum absolute atomic E-state index is 0.0258. The fourth-order valence-corrected chi connectivity index (χ4v) is 8.99. The third kappa shape index (κ3) is 8.43. The minimum Gasteiger partial charge on any atom is -0.444 e. The molecule has 5 nitrogen and oxygen atoms in total. The van der Waals surface area contributed by atoms with Gasteiger partial charge in [0.1, 0.15) is 28.8 Å². The second kappa shape index (κ2) is 14.1. The van der Waals surface area contributed by atoms with Gasteiger partial charge in [0.2, 0.25) is 5.91 Å². The lowest BCUT2D eigenvalue weighted by atomic mass is 10.2. The molecule has 3 aromatic rings. The number of ether oxygens (including phenoxy) is 1. The van der Waals surface area contributed by atoms with Crippen LogP contribution in [0.25, 0.3) is 0 Å². The van der Waals surface area contributed by atoms with Gasteiger partial charge in [-0.1, -0.05) is 54.6 Å². The summed E-state index contributed by atoms with van der Waals surface area (Å²) in [7, 11) is -0.131. The molecule has 2 amide bonds. The van der Waals surface area contributed by atoms with Gasteiger partial charge in [-0.2, -0.15) is 0 Å². The van der Waals surface area contributed by atoms with E-state index in [9.17, 15) is 9.59 Å².